The van der Waals surface area contributed by atoms with Crippen molar-refractivity contribution in [1.29, 1.82) is 0 Å². The minimum absolute atomic E-state index is 0.164. The van der Waals surface area contributed by atoms with Crippen molar-refractivity contribution in [2.75, 3.05) is 13.7 Å². The third kappa shape index (κ3) is 3.47. The van der Waals surface area contributed by atoms with Crippen LogP contribution in [0.25, 0.3) is 0 Å². The van der Waals surface area contributed by atoms with Crippen LogP contribution in [0.1, 0.15) is 31.7 Å². The van der Waals surface area contributed by atoms with Gasteiger partial charge in [-0.15, -0.1) is 0 Å². The van der Waals surface area contributed by atoms with Crippen molar-refractivity contribution in [1.82, 2.24) is 5.32 Å². The summed E-state index contributed by atoms with van der Waals surface area (Å²) < 4.78 is 10.5. The standard InChI is InChI=1S/C15H21NO3/c1-15(9-3-4-10-16-15)14(17)19-11-12-5-7-13(18-2)8-6-12/h5-8,16H,3-4,9-11H2,1-2H3. The number of hydrogen-bond donors (Lipinski definition) is 1. The van der Waals surface area contributed by atoms with Crippen LogP contribution >= 0.6 is 0 Å². The van der Waals surface area contributed by atoms with Gasteiger partial charge in [-0.05, 0) is 50.4 Å². The Hall–Kier alpha value is -1.55. The maximum atomic E-state index is 12.1. The number of carbonyl (C=O) groups excluding carboxylic acids is 1. The highest BCUT2D eigenvalue weighted by atomic mass is 16.5. The van der Waals surface area contributed by atoms with Crippen molar-refractivity contribution in [3.63, 3.8) is 0 Å². The maximum Gasteiger partial charge on any atom is 0.326 e. The molecule has 1 aromatic rings. The Balaban J connectivity index is 1.88. The smallest absolute Gasteiger partial charge is 0.326 e. The summed E-state index contributed by atoms with van der Waals surface area (Å²) in [5, 5.41) is 3.26. The zero-order valence-corrected chi connectivity index (χ0v) is 11.6. The minimum Gasteiger partial charge on any atom is -0.497 e. The zero-order chi connectivity index (χ0) is 13.7. The van der Waals surface area contributed by atoms with Crippen LogP contribution in [-0.4, -0.2) is 25.2 Å². The molecule has 1 atom stereocenters. The first-order valence-electron chi connectivity index (χ1n) is 6.69. The molecule has 4 heteroatoms. The Morgan fingerprint density at radius 3 is 2.63 bits per heavy atom. The van der Waals surface area contributed by atoms with Crippen LogP contribution in [0.3, 0.4) is 0 Å². The summed E-state index contributed by atoms with van der Waals surface area (Å²) in [6.45, 7) is 3.11. The molecule has 1 unspecified atom stereocenters. The summed E-state index contributed by atoms with van der Waals surface area (Å²) in [6.07, 6.45) is 3.04. The van der Waals surface area contributed by atoms with Crippen LogP contribution in [0.2, 0.25) is 0 Å². The molecule has 104 valence electrons. The second-order valence-corrected chi connectivity index (χ2v) is 5.14. The van der Waals surface area contributed by atoms with E-state index in [1.165, 1.54) is 0 Å². The molecule has 0 aliphatic carbocycles. The molecule has 0 radical (unpaired) electrons. The zero-order valence-electron chi connectivity index (χ0n) is 11.6. The van der Waals surface area contributed by atoms with Crippen molar-refractivity contribution < 1.29 is 14.3 Å². The number of benzene rings is 1. The molecule has 1 fully saturated rings. The molecule has 0 saturated carbocycles. The van der Waals surface area contributed by atoms with Gasteiger partial charge in [0.15, 0.2) is 0 Å². The van der Waals surface area contributed by atoms with Gasteiger partial charge < -0.3 is 14.8 Å². The second-order valence-electron chi connectivity index (χ2n) is 5.14. The van der Waals surface area contributed by atoms with Gasteiger partial charge in [-0.25, -0.2) is 0 Å². The van der Waals surface area contributed by atoms with E-state index in [9.17, 15) is 4.79 Å². The maximum absolute atomic E-state index is 12.1. The molecule has 0 bridgehead atoms. The van der Waals surface area contributed by atoms with Gasteiger partial charge in [0, 0.05) is 0 Å². The van der Waals surface area contributed by atoms with E-state index in [2.05, 4.69) is 5.32 Å². The Morgan fingerprint density at radius 1 is 1.32 bits per heavy atom. The fourth-order valence-electron chi connectivity index (χ4n) is 2.26. The summed E-state index contributed by atoms with van der Waals surface area (Å²) >= 11 is 0. The molecule has 0 aromatic heterocycles. The number of nitrogens with one attached hydrogen (secondary N) is 1. The van der Waals surface area contributed by atoms with Gasteiger partial charge in [0.2, 0.25) is 0 Å². The summed E-state index contributed by atoms with van der Waals surface area (Å²) in [5.74, 6) is 0.638. The third-order valence-electron chi connectivity index (χ3n) is 3.60. The molecule has 0 amide bonds. The van der Waals surface area contributed by atoms with E-state index in [-0.39, 0.29) is 5.97 Å². The van der Waals surface area contributed by atoms with Crippen LogP contribution in [0.5, 0.6) is 5.75 Å². The summed E-state index contributed by atoms with van der Waals surface area (Å²) in [6, 6.07) is 7.54. The predicted octanol–water partition coefficient (Wildman–Crippen LogP) is 2.27. The van der Waals surface area contributed by atoms with E-state index >= 15 is 0 Å². The monoisotopic (exact) mass is 263 g/mol. The summed E-state index contributed by atoms with van der Waals surface area (Å²) in [4.78, 5) is 12.1. The molecule has 1 heterocycles. The molecule has 1 aliphatic heterocycles. The molecule has 4 nitrogen and oxygen atoms in total. The minimum atomic E-state index is -0.523. The van der Waals surface area contributed by atoms with Crippen molar-refractivity contribution in [2.24, 2.45) is 0 Å². The Bertz CT molecular complexity index is 422. The average Bonchev–Trinajstić information content (AvgIpc) is 2.46. The van der Waals surface area contributed by atoms with Crippen molar-refractivity contribution in [2.45, 2.75) is 38.3 Å². The molecule has 1 N–H and O–H groups in total. The number of ether oxygens (including phenoxy) is 2. The Morgan fingerprint density at radius 2 is 2.05 bits per heavy atom. The predicted molar refractivity (Wildman–Crippen MR) is 73.0 cm³/mol. The highest BCUT2D eigenvalue weighted by Crippen LogP contribution is 2.21. The number of esters is 1. The fraction of sp³-hybridized carbons (Fsp3) is 0.533. The molecule has 1 aliphatic rings. The van der Waals surface area contributed by atoms with Gasteiger partial charge in [-0.3, -0.25) is 4.79 Å². The lowest BCUT2D eigenvalue weighted by Gasteiger charge is -2.32. The van der Waals surface area contributed by atoms with E-state index in [1.54, 1.807) is 7.11 Å². The number of carbonyl (C=O) groups is 1. The SMILES string of the molecule is COc1ccc(COC(=O)C2(C)CCCCN2)cc1. The summed E-state index contributed by atoms with van der Waals surface area (Å²) in [5.41, 5.74) is 0.443. The molecule has 19 heavy (non-hydrogen) atoms. The largest absolute Gasteiger partial charge is 0.497 e. The van der Waals surface area contributed by atoms with Crippen LogP contribution in [0.4, 0.5) is 0 Å². The topological polar surface area (TPSA) is 47.6 Å². The van der Waals surface area contributed by atoms with E-state index in [4.69, 9.17) is 9.47 Å². The van der Waals surface area contributed by atoms with Crippen LogP contribution in [0, 0.1) is 0 Å². The first-order chi connectivity index (χ1) is 9.14. The van der Waals surface area contributed by atoms with Crippen molar-refractivity contribution >= 4 is 5.97 Å². The van der Waals surface area contributed by atoms with Crippen LogP contribution < -0.4 is 10.1 Å². The first-order valence-corrected chi connectivity index (χ1v) is 6.69. The Kier molecular flexibility index (Phi) is 4.43. The highest BCUT2D eigenvalue weighted by Gasteiger charge is 2.35. The number of piperidine rings is 1. The molecule has 0 spiro atoms. The first kappa shape index (κ1) is 13.9. The van der Waals surface area contributed by atoms with E-state index in [0.717, 1.165) is 37.1 Å². The number of methoxy groups -OCH3 is 1. The van der Waals surface area contributed by atoms with Crippen molar-refractivity contribution in [3.8, 4) is 5.75 Å². The van der Waals surface area contributed by atoms with Gasteiger partial charge in [0.1, 0.15) is 17.9 Å². The van der Waals surface area contributed by atoms with Gasteiger partial charge >= 0.3 is 5.97 Å². The lowest BCUT2D eigenvalue weighted by Crippen LogP contribution is -2.52. The average molecular weight is 263 g/mol. The molecular weight excluding hydrogens is 242 g/mol. The van der Waals surface area contributed by atoms with E-state index in [1.807, 2.05) is 31.2 Å². The second kappa shape index (κ2) is 6.06. The molecular formula is C15H21NO3. The quantitative estimate of drug-likeness (QED) is 0.847. The van der Waals surface area contributed by atoms with Gasteiger partial charge in [0.25, 0.3) is 0 Å². The van der Waals surface area contributed by atoms with Gasteiger partial charge in [-0.2, -0.15) is 0 Å². The van der Waals surface area contributed by atoms with Crippen LogP contribution in [-0.2, 0) is 16.1 Å². The number of hydrogen-bond acceptors (Lipinski definition) is 4. The highest BCUT2D eigenvalue weighted by molar-refractivity contribution is 5.80. The lowest BCUT2D eigenvalue weighted by atomic mass is 9.91. The third-order valence-corrected chi connectivity index (χ3v) is 3.60. The normalized spacial score (nSPS) is 22.8. The Labute approximate surface area is 114 Å². The van der Waals surface area contributed by atoms with Gasteiger partial charge in [0.05, 0.1) is 7.11 Å². The molecule has 1 saturated heterocycles. The molecule has 2 rings (SSSR count). The fourth-order valence-corrected chi connectivity index (χ4v) is 2.26. The van der Waals surface area contributed by atoms with Crippen LogP contribution in [0.15, 0.2) is 24.3 Å². The number of rotatable bonds is 4. The summed E-state index contributed by atoms with van der Waals surface area (Å²) in [7, 11) is 1.63. The van der Waals surface area contributed by atoms with E-state index in [0.29, 0.717) is 6.61 Å². The lowest BCUT2D eigenvalue weighted by molar-refractivity contribution is -0.153. The molecule has 1 aromatic carbocycles. The van der Waals surface area contributed by atoms with Crippen molar-refractivity contribution in [3.05, 3.63) is 29.8 Å². The van der Waals surface area contributed by atoms with E-state index < -0.39 is 5.54 Å². The van der Waals surface area contributed by atoms with Gasteiger partial charge in [-0.1, -0.05) is 12.1 Å².